The molecule has 98 valence electrons. The van der Waals surface area contributed by atoms with E-state index < -0.39 is 0 Å². The predicted molar refractivity (Wildman–Crippen MR) is 71.2 cm³/mol. The van der Waals surface area contributed by atoms with Crippen LogP contribution in [0.25, 0.3) is 5.69 Å². The van der Waals surface area contributed by atoms with Crippen LogP contribution in [-0.2, 0) is 0 Å². The summed E-state index contributed by atoms with van der Waals surface area (Å²) in [5.41, 5.74) is 1.87. The monoisotopic (exact) mass is 258 g/mol. The number of hydrogen-bond acceptors (Lipinski definition) is 4. The van der Waals surface area contributed by atoms with Crippen LogP contribution in [0.4, 0.5) is 0 Å². The first-order chi connectivity index (χ1) is 9.06. The Bertz CT molecular complexity index is 690. The fraction of sp³-hybridized carbons (Fsp3) is 0.214. The van der Waals surface area contributed by atoms with E-state index in [-0.39, 0.29) is 11.1 Å². The molecule has 0 bridgehead atoms. The van der Waals surface area contributed by atoms with E-state index in [9.17, 15) is 9.59 Å². The van der Waals surface area contributed by atoms with Gasteiger partial charge < -0.3 is 4.74 Å². The van der Waals surface area contributed by atoms with E-state index in [0.717, 1.165) is 5.56 Å². The zero-order valence-electron chi connectivity index (χ0n) is 11.0. The molecule has 0 spiro atoms. The van der Waals surface area contributed by atoms with Crippen molar-refractivity contribution in [1.29, 1.82) is 0 Å². The Morgan fingerprint density at radius 1 is 1.26 bits per heavy atom. The summed E-state index contributed by atoms with van der Waals surface area (Å²) in [6, 6.07) is 7.02. The molecular formula is C14H14N2O3. The SMILES string of the molecule is COc1ccc(C)cc1-n1nc(C=O)c(=O)cc1C. The molecule has 0 fully saturated rings. The van der Waals surface area contributed by atoms with E-state index in [1.165, 1.54) is 10.7 Å². The minimum absolute atomic E-state index is 0.117. The first-order valence-corrected chi connectivity index (χ1v) is 5.78. The summed E-state index contributed by atoms with van der Waals surface area (Å²) in [7, 11) is 1.56. The lowest BCUT2D eigenvalue weighted by Crippen LogP contribution is -2.18. The smallest absolute Gasteiger partial charge is 0.211 e. The van der Waals surface area contributed by atoms with E-state index in [4.69, 9.17) is 4.74 Å². The topological polar surface area (TPSA) is 61.2 Å². The standard InChI is InChI=1S/C14H14N2O3/c1-9-4-5-14(19-3)12(6-9)16-10(2)7-13(18)11(8-17)15-16/h4-8H,1-3H3. The quantitative estimate of drug-likeness (QED) is 0.786. The van der Waals surface area contributed by atoms with E-state index >= 15 is 0 Å². The van der Waals surface area contributed by atoms with Crippen LogP contribution in [0.3, 0.4) is 0 Å². The maximum absolute atomic E-state index is 11.5. The molecule has 0 unspecified atom stereocenters. The van der Waals surface area contributed by atoms with Gasteiger partial charge in [0.2, 0.25) is 5.43 Å². The maximum atomic E-state index is 11.5. The molecular weight excluding hydrogens is 244 g/mol. The maximum Gasteiger partial charge on any atom is 0.211 e. The van der Waals surface area contributed by atoms with Gasteiger partial charge in [0.25, 0.3) is 0 Å². The summed E-state index contributed by atoms with van der Waals surface area (Å²) in [5, 5.41) is 4.07. The molecule has 0 N–H and O–H groups in total. The highest BCUT2D eigenvalue weighted by Crippen LogP contribution is 2.23. The van der Waals surface area contributed by atoms with Gasteiger partial charge in [-0.3, -0.25) is 9.59 Å². The third-order valence-corrected chi connectivity index (χ3v) is 2.81. The fourth-order valence-electron chi connectivity index (χ4n) is 1.85. The Hall–Kier alpha value is -2.43. The lowest BCUT2D eigenvalue weighted by atomic mass is 10.2. The van der Waals surface area contributed by atoms with Crippen molar-refractivity contribution in [2.75, 3.05) is 7.11 Å². The number of carbonyl (C=O) groups excluding carboxylic acids is 1. The van der Waals surface area contributed by atoms with Gasteiger partial charge in [-0.05, 0) is 31.5 Å². The van der Waals surface area contributed by atoms with Crippen LogP contribution in [0.5, 0.6) is 5.75 Å². The van der Waals surface area contributed by atoms with Gasteiger partial charge in [0.15, 0.2) is 12.0 Å². The number of nitrogens with zero attached hydrogens (tertiary/aromatic N) is 2. The Balaban J connectivity index is 2.74. The third-order valence-electron chi connectivity index (χ3n) is 2.81. The summed E-state index contributed by atoms with van der Waals surface area (Å²) < 4.78 is 6.82. The lowest BCUT2D eigenvalue weighted by Gasteiger charge is -2.14. The molecule has 0 atom stereocenters. The summed E-state index contributed by atoms with van der Waals surface area (Å²) >= 11 is 0. The third kappa shape index (κ3) is 2.40. The number of rotatable bonds is 3. The number of carbonyl (C=O) groups is 1. The van der Waals surface area contributed by atoms with Crippen molar-refractivity contribution in [1.82, 2.24) is 9.78 Å². The molecule has 19 heavy (non-hydrogen) atoms. The molecule has 0 saturated carbocycles. The van der Waals surface area contributed by atoms with Gasteiger partial charge in [-0.15, -0.1) is 0 Å². The molecule has 2 aromatic rings. The predicted octanol–water partition coefficient (Wildman–Crippen LogP) is 1.67. The van der Waals surface area contributed by atoms with Gasteiger partial charge in [-0.2, -0.15) is 5.10 Å². The highest BCUT2D eigenvalue weighted by Gasteiger charge is 2.11. The normalized spacial score (nSPS) is 10.3. The first kappa shape index (κ1) is 13.0. The number of aldehydes is 1. The molecule has 5 nitrogen and oxygen atoms in total. The molecule has 1 heterocycles. The second-order valence-electron chi connectivity index (χ2n) is 4.24. The number of methoxy groups -OCH3 is 1. The van der Waals surface area contributed by atoms with Crippen LogP contribution in [-0.4, -0.2) is 23.2 Å². The Morgan fingerprint density at radius 2 is 2.00 bits per heavy atom. The molecule has 1 aromatic carbocycles. The van der Waals surface area contributed by atoms with E-state index in [0.29, 0.717) is 23.4 Å². The number of benzene rings is 1. The van der Waals surface area contributed by atoms with Gasteiger partial charge in [0.05, 0.1) is 7.11 Å². The van der Waals surface area contributed by atoms with Gasteiger partial charge in [0.1, 0.15) is 11.4 Å². The molecule has 0 aliphatic carbocycles. The minimum Gasteiger partial charge on any atom is -0.494 e. The zero-order chi connectivity index (χ0) is 14.0. The summed E-state index contributed by atoms with van der Waals surface area (Å²) in [4.78, 5) is 22.4. The highest BCUT2D eigenvalue weighted by atomic mass is 16.5. The minimum atomic E-state index is -0.379. The molecule has 5 heteroatoms. The second-order valence-corrected chi connectivity index (χ2v) is 4.24. The first-order valence-electron chi connectivity index (χ1n) is 5.78. The van der Waals surface area contributed by atoms with Crippen molar-refractivity contribution in [2.24, 2.45) is 0 Å². The van der Waals surface area contributed by atoms with Gasteiger partial charge in [-0.1, -0.05) is 6.07 Å². The number of hydrogen-bond donors (Lipinski definition) is 0. The van der Waals surface area contributed by atoms with Crippen molar-refractivity contribution >= 4 is 6.29 Å². The van der Waals surface area contributed by atoms with Gasteiger partial charge in [-0.25, -0.2) is 4.68 Å². The summed E-state index contributed by atoms with van der Waals surface area (Å²) in [5.74, 6) is 0.627. The van der Waals surface area contributed by atoms with Gasteiger partial charge in [0, 0.05) is 11.8 Å². The van der Waals surface area contributed by atoms with E-state index in [2.05, 4.69) is 5.10 Å². The van der Waals surface area contributed by atoms with Crippen LogP contribution < -0.4 is 10.2 Å². The molecule has 0 aliphatic heterocycles. The largest absolute Gasteiger partial charge is 0.494 e. The van der Waals surface area contributed by atoms with Crippen LogP contribution in [0.15, 0.2) is 29.1 Å². The Morgan fingerprint density at radius 3 is 2.63 bits per heavy atom. The fourth-order valence-corrected chi connectivity index (χ4v) is 1.85. The van der Waals surface area contributed by atoms with Crippen molar-refractivity contribution in [3.63, 3.8) is 0 Å². The molecule has 1 aromatic heterocycles. The van der Waals surface area contributed by atoms with Crippen molar-refractivity contribution in [3.8, 4) is 11.4 Å². The Kier molecular flexibility index (Phi) is 3.46. The number of ether oxygens (including phenoxy) is 1. The average molecular weight is 258 g/mol. The van der Waals surface area contributed by atoms with E-state index in [1.54, 1.807) is 14.0 Å². The highest BCUT2D eigenvalue weighted by molar-refractivity contribution is 5.71. The van der Waals surface area contributed by atoms with Crippen molar-refractivity contribution in [2.45, 2.75) is 13.8 Å². The summed E-state index contributed by atoms with van der Waals surface area (Å²) in [6.07, 6.45) is 0.459. The van der Waals surface area contributed by atoms with Crippen molar-refractivity contribution < 1.29 is 9.53 Å². The van der Waals surface area contributed by atoms with Crippen molar-refractivity contribution in [3.05, 3.63) is 51.4 Å². The number of aryl methyl sites for hydroxylation is 2. The van der Waals surface area contributed by atoms with Crippen LogP contribution in [0.2, 0.25) is 0 Å². The zero-order valence-corrected chi connectivity index (χ0v) is 11.0. The molecule has 0 aliphatic rings. The number of aromatic nitrogens is 2. The molecule has 0 radical (unpaired) electrons. The van der Waals surface area contributed by atoms with Crippen LogP contribution >= 0.6 is 0 Å². The van der Waals surface area contributed by atoms with Crippen LogP contribution in [0, 0.1) is 13.8 Å². The average Bonchev–Trinajstić information content (AvgIpc) is 2.39. The Labute approximate surface area is 110 Å². The second kappa shape index (κ2) is 5.06. The van der Waals surface area contributed by atoms with E-state index in [1.807, 2.05) is 25.1 Å². The molecule has 0 amide bonds. The molecule has 2 rings (SSSR count). The van der Waals surface area contributed by atoms with Gasteiger partial charge >= 0.3 is 0 Å². The lowest BCUT2D eigenvalue weighted by molar-refractivity contribution is 0.111. The molecule has 0 saturated heterocycles. The van der Waals surface area contributed by atoms with Crippen LogP contribution in [0.1, 0.15) is 21.7 Å². The summed E-state index contributed by atoms with van der Waals surface area (Å²) in [6.45, 7) is 3.70.